The molecule has 1 unspecified atom stereocenters. The van der Waals surface area contributed by atoms with Crippen molar-refractivity contribution in [2.45, 2.75) is 26.4 Å². The molecule has 2 rings (SSSR count). The lowest BCUT2D eigenvalue weighted by Gasteiger charge is -2.14. The fourth-order valence-electron chi connectivity index (χ4n) is 2.07. The van der Waals surface area contributed by atoms with E-state index in [0.29, 0.717) is 13.2 Å². The molecule has 0 fully saturated rings. The van der Waals surface area contributed by atoms with Crippen LogP contribution in [0.2, 0.25) is 0 Å². The Hall–Kier alpha value is -1.36. The summed E-state index contributed by atoms with van der Waals surface area (Å²) in [5, 5.41) is 0. The zero-order valence-electron chi connectivity index (χ0n) is 11.6. The monoisotopic (exact) mass is 264 g/mol. The molecule has 0 aromatic heterocycles. The summed E-state index contributed by atoms with van der Waals surface area (Å²) in [6.45, 7) is 5.05. The van der Waals surface area contributed by atoms with Crippen molar-refractivity contribution >= 4 is 5.76 Å². The van der Waals surface area contributed by atoms with Gasteiger partial charge in [-0.15, -0.1) is 0 Å². The Kier molecular flexibility index (Phi) is 4.96. The van der Waals surface area contributed by atoms with Gasteiger partial charge in [-0.25, -0.2) is 0 Å². The highest BCUT2D eigenvalue weighted by molar-refractivity contribution is 5.67. The average Bonchev–Trinajstić information content (AvgIpc) is 2.78. The molecule has 0 spiro atoms. The summed E-state index contributed by atoms with van der Waals surface area (Å²) < 4.78 is 22.1. The molecule has 1 atom stereocenters. The molecule has 19 heavy (non-hydrogen) atoms. The number of methoxy groups -OCH3 is 1. The summed E-state index contributed by atoms with van der Waals surface area (Å²) >= 11 is 0. The van der Waals surface area contributed by atoms with Gasteiger partial charge in [0.25, 0.3) is 0 Å². The van der Waals surface area contributed by atoms with Crippen molar-refractivity contribution in [2.75, 3.05) is 20.3 Å². The Labute approximate surface area is 113 Å². The van der Waals surface area contributed by atoms with Crippen LogP contribution in [0.1, 0.15) is 31.3 Å². The molecule has 4 nitrogen and oxygen atoms in total. The fraction of sp³-hybridized carbons (Fsp3) is 0.467. The van der Waals surface area contributed by atoms with Crippen molar-refractivity contribution in [2.24, 2.45) is 0 Å². The minimum atomic E-state index is -0.395. The van der Waals surface area contributed by atoms with E-state index in [1.165, 1.54) is 0 Å². The topological polar surface area (TPSA) is 36.9 Å². The summed E-state index contributed by atoms with van der Waals surface area (Å²) in [6.07, 6.45) is 1.10. The predicted molar refractivity (Wildman–Crippen MR) is 72.3 cm³/mol. The van der Waals surface area contributed by atoms with Gasteiger partial charge in [-0.2, -0.15) is 0 Å². The maximum Gasteiger partial charge on any atom is 0.227 e. The Balaban J connectivity index is 2.25. The molecular weight excluding hydrogens is 244 g/mol. The molecule has 0 N–H and O–H groups in total. The number of rotatable bonds is 6. The van der Waals surface area contributed by atoms with Gasteiger partial charge in [0, 0.05) is 37.5 Å². The summed E-state index contributed by atoms with van der Waals surface area (Å²) in [5.74, 6) is 0.745. The largest absolute Gasteiger partial charge is 0.460 e. The van der Waals surface area contributed by atoms with Crippen molar-refractivity contribution in [1.82, 2.24) is 0 Å². The third kappa shape index (κ3) is 3.15. The van der Waals surface area contributed by atoms with Crippen LogP contribution in [-0.2, 0) is 18.9 Å². The van der Waals surface area contributed by atoms with E-state index in [1.54, 1.807) is 7.11 Å². The minimum Gasteiger partial charge on any atom is -0.460 e. The SMILES string of the molecule is CCOC(/C=C1\OC(OC)c2ccccc21)OCC. The molecule has 0 radical (unpaired) electrons. The lowest BCUT2D eigenvalue weighted by molar-refractivity contribution is -0.106. The molecule has 1 aliphatic heterocycles. The van der Waals surface area contributed by atoms with Gasteiger partial charge in [0.2, 0.25) is 6.29 Å². The van der Waals surface area contributed by atoms with E-state index in [1.807, 2.05) is 44.2 Å². The number of benzene rings is 1. The highest BCUT2D eigenvalue weighted by Gasteiger charge is 2.28. The van der Waals surface area contributed by atoms with Crippen LogP contribution in [0.15, 0.2) is 30.3 Å². The zero-order valence-corrected chi connectivity index (χ0v) is 11.6. The van der Waals surface area contributed by atoms with Gasteiger partial charge in [0.1, 0.15) is 5.76 Å². The first-order chi connectivity index (χ1) is 9.30. The molecule has 1 aromatic rings. The fourth-order valence-corrected chi connectivity index (χ4v) is 2.07. The van der Waals surface area contributed by atoms with Gasteiger partial charge >= 0.3 is 0 Å². The second-order valence-corrected chi connectivity index (χ2v) is 4.08. The molecule has 0 aliphatic carbocycles. The standard InChI is InChI=1S/C15H20O4/c1-4-17-14(18-5-2)10-13-11-8-6-7-9-12(11)15(16-3)19-13/h6-10,14-15H,4-5H2,1-3H3/b13-10-. The van der Waals surface area contributed by atoms with E-state index in [9.17, 15) is 0 Å². The number of hydrogen-bond acceptors (Lipinski definition) is 4. The third-order valence-corrected chi connectivity index (χ3v) is 2.88. The minimum absolute atomic E-state index is 0.355. The van der Waals surface area contributed by atoms with E-state index < -0.39 is 6.29 Å². The van der Waals surface area contributed by atoms with E-state index in [-0.39, 0.29) is 6.29 Å². The summed E-state index contributed by atoms with van der Waals surface area (Å²) in [5.41, 5.74) is 2.06. The lowest BCUT2D eigenvalue weighted by Crippen LogP contribution is -2.15. The van der Waals surface area contributed by atoms with Crippen LogP contribution >= 0.6 is 0 Å². The quantitative estimate of drug-likeness (QED) is 0.740. The Morgan fingerprint density at radius 1 is 1.21 bits per heavy atom. The van der Waals surface area contributed by atoms with Crippen molar-refractivity contribution in [3.05, 3.63) is 41.5 Å². The van der Waals surface area contributed by atoms with Gasteiger partial charge in [0.15, 0.2) is 6.29 Å². The molecule has 0 saturated heterocycles. The molecule has 1 aromatic carbocycles. The smallest absolute Gasteiger partial charge is 0.227 e. The number of ether oxygens (including phenoxy) is 4. The van der Waals surface area contributed by atoms with Crippen LogP contribution in [0.25, 0.3) is 5.76 Å². The first-order valence-electron chi connectivity index (χ1n) is 6.53. The van der Waals surface area contributed by atoms with Gasteiger partial charge in [0.05, 0.1) is 0 Å². The Morgan fingerprint density at radius 2 is 1.89 bits per heavy atom. The van der Waals surface area contributed by atoms with Crippen molar-refractivity contribution in [3.8, 4) is 0 Å². The second kappa shape index (κ2) is 6.70. The molecule has 0 saturated carbocycles. The Bertz CT molecular complexity index is 436. The lowest BCUT2D eigenvalue weighted by atomic mass is 10.1. The van der Waals surface area contributed by atoms with Crippen molar-refractivity contribution in [1.29, 1.82) is 0 Å². The molecule has 0 amide bonds. The Morgan fingerprint density at radius 3 is 2.53 bits per heavy atom. The van der Waals surface area contributed by atoms with Gasteiger partial charge < -0.3 is 18.9 Å². The van der Waals surface area contributed by atoms with Crippen LogP contribution in [0.4, 0.5) is 0 Å². The van der Waals surface area contributed by atoms with Crippen LogP contribution < -0.4 is 0 Å². The van der Waals surface area contributed by atoms with Crippen molar-refractivity contribution < 1.29 is 18.9 Å². The van der Waals surface area contributed by atoms with Crippen LogP contribution in [0, 0.1) is 0 Å². The first kappa shape index (κ1) is 14.1. The molecule has 4 heteroatoms. The second-order valence-electron chi connectivity index (χ2n) is 4.08. The van der Waals surface area contributed by atoms with Crippen LogP contribution in [-0.4, -0.2) is 26.6 Å². The molecule has 0 bridgehead atoms. The van der Waals surface area contributed by atoms with Crippen molar-refractivity contribution in [3.63, 3.8) is 0 Å². The molecule has 1 aliphatic rings. The van der Waals surface area contributed by atoms with Gasteiger partial charge in [-0.3, -0.25) is 0 Å². The molecule has 1 heterocycles. The highest BCUT2D eigenvalue weighted by Crippen LogP contribution is 2.38. The number of fused-ring (bicyclic) bond motifs is 1. The van der Waals surface area contributed by atoms with Crippen LogP contribution in [0.5, 0.6) is 0 Å². The maximum absolute atomic E-state index is 5.78. The van der Waals surface area contributed by atoms with E-state index in [4.69, 9.17) is 18.9 Å². The summed E-state index contributed by atoms with van der Waals surface area (Å²) in [6, 6.07) is 7.96. The third-order valence-electron chi connectivity index (χ3n) is 2.88. The zero-order chi connectivity index (χ0) is 13.7. The van der Waals surface area contributed by atoms with Gasteiger partial charge in [-0.1, -0.05) is 24.3 Å². The van der Waals surface area contributed by atoms with Gasteiger partial charge in [-0.05, 0) is 13.8 Å². The molecular formula is C15H20O4. The van der Waals surface area contributed by atoms with E-state index in [0.717, 1.165) is 16.9 Å². The van der Waals surface area contributed by atoms with E-state index >= 15 is 0 Å². The highest BCUT2D eigenvalue weighted by atomic mass is 16.7. The van der Waals surface area contributed by atoms with E-state index in [2.05, 4.69) is 0 Å². The predicted octanol–water partition coefficient (Wildman–Crippen LogP) is 3.10. The summed E-state index contributed by atoms with van der Waals surface area (Å²) in [4.78, 5) is 0. The first-order valence-corrected chi connectivity index (χ1v) is 6.53. The maximum atomic E-state index is 5.78. The normalized spacial score (nSPS) is 19.8. The average molecular weight is 264 g/mol. The van der Waals surface area contributed by atoms with Crippen LogP contribution in [0.3, 0.4) is 0 Å². The molecule has 104 valence electrons. The number of hydrogen-bond donors (Lipinski definition) is 0. The summed E-state index contributed by atoms with van der Waals surface area (Å²) in [7, 11) is 1.63.